The van der Waals surface area contributed by atoms with E-state index in [1.807, 2.05) is 0 Å². The minimum atomic E-state index is 0.0836. The summed E-state index contributed by atoms with van der Waals surface area (Å²) in [5.74, 6) is 0.850. The van der Waals surface area contributed by atoms with Crippen LogP contribution in [0.2, 0.25) is 0 Å². The van der Waals surface area contributed by atoms with Crippen molar-refractivity contribution in [2.45, 2.75) is 39.0 Å². The number of nitrogens with one attached hydrogen (secondary N) is 2. The lowest BCUT2D eigenvalue weighted by Crippen LogP contribution is -2.47. The Morgan fingerprint density at radius 3 is 3.00 bits per heavy atom. The zero-order chi connectivity index (χ0) is 16.3. The van der Waals surface area contributed by atoms with Crippen LogP contribution in [0, 0.1) is 11.3 Å². The first kappa shape index (κ1) is 16.9. The summed E-state index contributed by atoms with van der Waals surface area (Å²) in [5.41, 5.74) is 2.30. The van der Waals surface area contributed by atoms with Crippen molar-refractivity contribution >= 4 is 17.2 Å². The van der Waals surface area contributed by atoms with Crippen LogP contribution in [-0.4, -0.2) is 39.3 Å². The molecule has 1 unspecified atom stereocenters. The summed E-state index contributed by atoms with van der Waals surface area (Å²) in [6.07, 6.45) is 5.49. The Morgan fingerprint density at radius 1 is 1.48 bits per heavy atom. The number of amides is 1. The van der Waals surface area contributed by atoms with Crippen molar-refractivity contribution in [3.05, 3.63) is 21.4 Å². The van der Waals surface area contributed by atoms with Crippen molar-refractivity contribution in [1.82, 2.24) is 10.6 Å². The number of thiophene rings is 1. The summed E-state index contributed by atoms with van der Waals surface area (Å²) in [6, 6.07) is 0. The molecule has 128 valence electrons. The minimum Gasteiger partial charge on any atom is -0.384 e. The summed E-state index contributed by atoms with van der Waals surface area (Å²) in [4.78, 5) is 14.1. The quantitative estimate of drug-likeness (QED) is 0.869. The van der Waals surface area contributed by atoms with Gasteiger partial charge in [-0.1, -0.05) is 6.92 Å². The third kappa shape index (κ3) is 3.78. The molecule has 4 nitrogen and oxygen atoms in total. The number of methoxy groups -OCH3 is 1. The van der Waals surface area contributed by atoms with E-state index in [1.54, 1.807) is 18.4 Å². The maximum absolute atomic E-state index is 12.7. The van der Waals surface area contributed by atoms with E-state index in [9.17, 15) is 4.79 Å². The van der Waals surface area contributed by atoms with Gasteiger partial charge in [0.2, 0.25) is 0 Å². The van der Waals surface area contributed by atoms with Gasteiger partial charge in [0.1, 0.15) is 0 Å². The molecule has 0 bridgehead atoms. The van der Waals surface area contributed by atoms with Crippen LogP contribution in [0.1, 0.15) is 47.0 Å². The van der Waals surface area contributed by atoms with E-state index in [1.165, 1.54) is 16.9 Å². The highest BCUT2D eigenvalue weighted by molar-refractivity contribution is 7.10. The minimum absolute atomic E-state index is 0.0836. The van der Waals surface area contributed by atoms with E-state index >= 15 is 0 Å². The Morgan fingerprint density at radius 2 is 2.26 bits per heavy atom. The second-order valence-electron chi connectivity index (χ2n) is 7.26. The highest BCUT2D eigenvalue weighted by atomic mass is 32.1. The van der Waals surface area contributed by atoms with Gasteiger partial charge < -0.3 is 15.4 Å². The third-order valence-corrected chi connectivity index (χ3v) is 6.44. The lowest BCUT2D eigenvalue weighted by molar-refractivity contribution is 0.0511. The van der Waals surface area contributed by atoms with Crippen molar-refractivity contribution in [1.29, 1.82) is 0 Å². The molecule has 1 aromatic heterocycles. The standard InChI is InChI=1S/C18H28N2O2S/c1-13-3-4-14-15(10-23-16(14)9-13)17(21)20-11-18(12-22-2)5-7-19-8-6-18/h10,13,19H,3-9,11-12H2,1-2H3,(H,20,21). The molecule has 2 heterocycles. The number of ether oxygens (including phenoxy) is 1. The molecule has 3 rings (SSSR count). The number of rotatable bonds is 5. The monoisotopic (exact) mass is 336 g/mol. The highest BCUT2D eigenvalue weighted by Gasteiger charge is 2.33. The second-order valence-corrected chi connectivity index (χ2v) is 8.23. The number of hydrogen-bond donors (Lipinski definition) is 2. The summed E-state index contributed by atoms with van der Waals surface area (Å²) >= 11 is 1.76. The smallest absolute Gasteiger partial charge is 0.252 e. The topological polar surface area (TPSA) is 50.4 Å². The Labute approximate surface area is 143 Å². The van der Waals surface area contributed by atoms with Crippen LogP contribution in [0.5, 0.6) is 0 Å². The first-order chi connectivity index (χ1) is 11.1. The van der Waals surface area contributed by atoms with Gasteiger partial charge in [0, 0.05) is 29.3 Å². The van der Waals surface area contributed by atoms with E-state index in [4.69, 9.17) is 4.74 Å². The molecule has 0 spiro atoms. The fourth-order valence-corrected chi connectivity index (χ4v) is 5.11. The third-order valence-electron chi connectivity index (χ3n) is 5.39. The molecule has 1 atom stereocenters. The van der Waals surface area contributed by atoms with Crippen LogP contribution < -0.4 is 10.6 Å². The molecule has 0 radical (unpaired) electrons. The molecule has 1 fully saturated rings. The van der Waals surface area contributed by atoms with Crippen LogP contribution in [-0.2, 0) is 17.6 Å². The highest BCUT2D eigenvalue weighted by Crippen LogP contribution is 2.33. The first-order valence-electron chi connectivity index (χ1n) is 8.71. The molecule has 1 aliphatic carbocycles. The normalized spacial score (nSPS) is 23.3. The largest absolute Gasteiger partial charge is 0.384 e. The Balaban J connectivity index is 1.65. The maximum atomic E-state index is 12.7. The molecule has 1 saturated heterocycles. The molecule has 5 heteroatoms. The van der Waals surface area contributed by atoms with E-state index in [0.717, 1.165) is 50.3 Å². The van der Waals surface area contributed by atoms with Gasteiger partial charge in [-0.25, -0.2) is 0 Å². The van der Waals surface area contributed by atoms with E-state index in [2.05, 4.69) is 22.9 Å². The molecule has 2 aliphatic rings. The van der Waals surface area contributed by atoms with Gasteiger partial charge in [0.15, 0.2) is 0 Å². The first-order valence-corrected chi connectivity index (χ1v) is 9.59. The average molecular weight is 337 g/mol. The van der Waals surface area contributed by atoms with Crippen molar-refractivity contribution in [3.8, 4) is 0 Å². The van der Waals surface area contributed by atoms with E-state index in [0.29, 0.717) is 13.2 Å². The van der Waals surface area contributed by atoms with Crippen molar-refractivity contribution in [2.75, 3.05) is 33.4 Å². The van der Waals surface area contributed by atoms with E-state index < -0.39 is 0 Å². The Bertz CT molecular complexity index is 544. The van der Waals surface area contributed by atoms with E-state index in [-0.39, 0.29) is 11.3 Å². The van der Waals surface area contributed by atoms with Gasteiger partial charge in [0.05, 0.1) is 12.2 Å². The van der Waals surface area contributed by atoms with Gasteiger partial charge in [-0.05, 0) is 56.7 Å². The van der Waals surface area contributed by atoms with Crippen LogP contribution >= 0.6 is 11.3 Å². The summed E-state index contributed by atoms with van der Waals surface area (Å²) < 4.78 is 5.43. The molecule has 1 aromatic rings. The summed E-state index contributed by atoms with van der Waals surface area (Å²) in [5, 5.41) is 8.65. The Kier molecular flexibility index (Phi) is 5.39. The number of hydrogen-bond acceptors (Lipinski definition) is 4. The van der Waals surface area contributed by atoms with Crippen molar-refractivity contribution < 1.29 is 9.53 Å². The van der Waals surface area contributed by atoms with Crippen LogP contribution in [0.3, 0.4) is 0 Å². The van der Waals surface area contributed by atoms with Crippen LogP contribution in [0.15, 0.2) is 5.38 Å². The lowest BCUT2D eigenvalue weighted by Gasteiger charge is -2.37. The lowest BCUT2D eigenvalue weighted by atomic mass is 9.79. The molecular weight excluding hydrogens is 308 g/mol. The van der Waals surface area contributed by atoms with Gasteiger partial charge in [-0.3, -0.25) is 4.79 Å². The average Bonchev–Trinajstić information content (AvgIpc) is 2.97. The van der Waals surface area contributed by atoms with Crippen LogP contribution in [0.25, 0.3) is 0 Å². The van der Waals surface area contributed by atoms with Gasteiger partial charge in [0.25, 0.3) is 5.91 Å². The number of fused-ring (bicyclic) bond motifs is 1. The van der Waals surface area contributed by atoms with Crippen molar-refractivity contribution in [2.24, 2.45) is 11.3 Å². The zero-order valence-electron chi connectivity index (χ0n) is 14.2. The summed E-state index contributed by atoms with van der Waals surface area (Å²) in [7, 11) is 1.75. The fraction of sp³-hybridized carbons (Fsp3) is 0.722. The predicted octanol–water partition coefficient (Wildman–Crippen LogP) is 2.62. The SMILES string of the molecule is COCC1(CNC(=O)c2csc3c2CCC(C)C3)CCNCC1. The molecule has 23 heavy (non-hydrogen) atoms. The molecule has 1 aliphatic heterocycles. The molecule has 1 amide bonds. The van der Waals surface area contributed by atoms with Gasteiger partial charge >= 0.3 is 0 Å². The van der Waals surface area contributed by atoms with Gasteiger partial charge in [-0.2, -0.15) is 0 Å². The molecule has 0 saturated carbocycles. The maximum Gasteiger partial charge on any atom is 0.252 e. The van der Waals surface area contributed by atoms with Crippen molar-refractivity contribution in [3.63, 3.8) is 0 Å². The predicted molar refractivity (Wildman–Crippen MR) is 94.3 cm³/mol. The number of carbonyl (C=O) groups excluding carboxylic acids is 1. The second kappa shape index (κ2) is 7.32. The number of carbonyl (C=O) groups is 1. The summed E-state index contributed by atoms with van der Waals surface area (Å²) in [6.45, 7) is 5.74. The zero-order valence-corrected chi connectivity index (χ0v) is 15.1. The Hall–Kier alpha value is -0.910. The fourth-order valence-electron chi connectivity index (χ4n) is 3.87. The van der Waals surface area contributed by atoms with Gasteiger partial charge in [-0.15, -0.1) is 11.3 Å². The molecular formula is C18H28N2O2S. The van der Waals surface area contributed by atoms with Crippen LogP contribution in [0.4, 0.5) is 0 Å². The number of piperidine rings is 1. The molecule has 2 N–H and O–H groups in total. The molecule has 0 aromatic carbocycles.